The summed E-state index contributed by atoms with van der Waals surface area (Å²) >= 11 is 0. The van der Waals surface area contributed by atoms with Crippen molar-refractivity contribution in [2.75, 3.05) is 27.7 Å². The topological polar surface area (TPSA) is 59.1 Å². The molecule has 2 bridgehead atoms. The minimum absolute atomic E-state index is 0.00475. The predicted octanol–water partition coefficient (Wildman–Crippen LogP) is 1.07. The SMILES string of the molecule is COc1cccc(CN2C[C@@]34C=C[C@@H](O3)C(C(=O)N(C)C)C4C2=O)c1. The Bertz CT molecular complexity index is 760. The second-order valence-corrected chi connectivity index (χ2v) is 7.18. The summed E-state index contributed by atoms with van der Waals surface area (Å²) < 4.78 is 11.4. The second-order valence-electron chi connectivity index (χ2n) is 7.18. The van der Waals surface area contributed by atoms with Crippen LogP contribution in [0.2, 0.25) is 0 Å². The molecule has 0 N–H and O–H groups in total. The van der Waals surface area contributed by atoms with Crippen LogP contribution >= 0.6 is 0 Å². The lowest BCUT2D eigenvalue weighted by Crippen LogP contribution is -2.43. The van der Waals surface area contributed by atoms with Crippen molar-refractivity contribution in [2.45, 2.75) is 18.2 Å². The number of likely N-dealkylation sites (tertiary alicyclic amines) is 1. The van der Waals surface area contributed by atoms with Gasteiger partial charge in [0.05, 0.1) is 31.6 Å². The molecule has 25 heavy (non-hydrogen) atoms. The molecule has 6 nitrogen and oxygen atoms in total. The number of methoxy groups -OCH3 is 1. The number of hydrogen-bond donors (Lipinski definition) is 0. The first kappa shape index (κ1) is 16.1. The number of fused-ring (bicyclic) bond motifs is 1. The standard InChI is InChI=1S/C19H22N2O4/c1-20(2)17(22)15-14-7-8-19(25-14)11-21(18(23)16(15)19)10-12-5-4-6-13(9-12)24-3/h4-9,14-16H,10-11H2,1-3H3/t14-,15?,16?,19-/m1/s1. The molecule has 2 fully saturated rings. The van der Waals surface area contributed by atoms with Crippen LogP contribution in [0.25, 0.3) is 0 Å². The predicted molar refractivity (Wildman–Crippen MR) is 90.8 cm³/mol. The Hall–Kier alpha value is -2.34. The Kier molecular flexibility index (Phi) is 3.61. The molecule has 2 unspecified atom stereocenters. The molecule has 2 saturated heterocycles. The molecule has 1 aromatic rings. The molecule has 6 heteroatoms. The lowest BCUT2D eigenvalue weighted by atomic mass is 9.76. The molecule has 1 aromatic carbocycles. The van der Waals surface area contributed by atoms with Gasteiger partial charge in [0.15, 0.2) is 0 Å². The van der Waals surface area contributed by atoms with Crippen LogP contribution in [0, 0.1) is 11.8 Å². The van der Waals surface area contributed by atoms with Crippen molar-refractivity contribution in [3.05, 3.63) is 42.0 Å². The highest BCUT2D eigenvalue weighted by molar-refractivity contribution is 5.92. The van der Waals surface area contributed by atoms with E-state index in [9.17, 15) is 9.59 Å². The summed E-state index contributed by atoms with van der Waals surface area (Å²) in [5.74, 6) is -0.140. The smallest absolute Gasteiger partial charge is 0.230 e. The van der Waals surface area contributed by atoms with Gasteiger partial charge < -0.3 is 19.3 Å². The molecule has 0 aromatic heterocycles. The van der Waals surface area contributed by atoms with E-state index >= 15 is 0 Å². The maximum Gasteiger partial charge on any atom is 0.230 e. The molecule has 2 amide bonds. The van der Waals surface area contributed by atoms with E-state index in [1.54, 1.807) is 31.0 Å². The Labute approximate surface area is 147 Å². The fourth-order valence-electron chi connectivity index (χ4n) is 4.28. The van der Waals surface area contributed by atoms with E-state index in [4.69, 9.17) is 9.47 Å². The Balaban J connectivity index is 1.60. The Morgan fingerprint density at radius 2 is 2.24 bits per heavy atom. The van der Waals surface area contributed by atoms with Crippen molar-refractivity contribution in [3.8, 4) is 5.75 Å². The van der Waals surface area contributed by atoms with Crippen molar-refractivity contribution >= 4 is 11.8 Å². The van der Waals surface area contributed by atoms with E-state index in [1.807, 2.05) is 36.4 Å². The van der Waals surface area contributed by atoms with Gasteiger partial charge in [-0.3, -0.25) is 9.59 Å². The van der Waals surface area contributed by atoms with Gasteiger partial charge in [-0.05, 0) is 17.7 Å². The summed E-state index contributed by atoms with van der Waals surface area (Å²) in [6.45, 7) is 0.969. The van der Waals surface area contributed by atoms with Crippen LogP contribution in [0.1, 0.15) is 5.56 Å². The fraction of sp³-hybridized carbons (Fsp3) is 0.474. The molecule has 0 radical (unpaired) electrons. The quantitative estimate of drug-likeness (QED) is 0.768. The number of rotatable bonds is 4. The van der Waals surface area contributed by atoms with Gasteiger partial charge in [-0.15, -0.1) is 0 Å². The minimum atomic E-state index is -0.656. The van der Waals surface area contributed by atoms with Crippen LogP contribution in [0.4, 0.5) is 0 Å². The van der Waals surface area contributed by atoms with Gasteiger partial charge in [-0.25, -0.2) is 0 Å². The molecule has 3 heterocycles. The highest BCUT2D eigenvalue weighted by atomic mass is 16.5. The largest absolute Gasteiger partial charge is 0.497 e. The van der Waals surface area contributed by atoms with E-state index in [0.717, 1.165) is 11.3 Å². The summed E-state index contributed by atoms with van der Waals surface area (Å²) in [5.41, 5.74) is 0.342. The number of amides is 2. The Morgan fingerprint density at radius 3 is 2.96 bits per heavy atom. The first-order valence-electron chi connectivity index (χ1n) is 8.45. The summed E-state index contributed by atoms with van der Waals surface area (Å²) in [5, 5.41) is 0. The number of carbonyl (C=O) groups is 2. The molecule has 3 aliphatic heterocycles. The third kappa shape index (κ3) is 2.35. The fourth-order valence-corrected chi connectivity index (χ4v) is 4.28. The zero-order chi connectivity index (χ0) is 17.8. The van der Waals surface area contributed by atoms with Gasteiger partial charge in [-0.2, -0.15) is 0 Å². The van der Waals surface area contributed by atoms with Gasteiger partial charge in [0.1, 0.15) is 11.4 Å². The lowest BCUT2D eigenvalue weighted by molar-refractivity contribution is -0.141. The van der Waals surface area contributed by atoms with Crippen LogP contribution in [0.3, 0.4) is 0 Å². The van der Waals surface area contributed by atoms with Crippen LogP contribution in [0.15, 0.2) is 36.4 Å². The number of nitrogens with zero attached hydrogens (tertiary/aromatic N) is 2. The summed E-state index contributed by atoms with van der Waals surface area (Å²) in [4.78, 5) is 29.0. The molecule has 0 saturated carbocycles. The van der Waals surface area contributed by atoms with Crippen molar-refractivity contribution in [2.24, 2.45) is 11.8 Å². The zero-order valence-corrected chi connectivity index (χ0v) is 14.6. The normalized spacial score (nSPS) is 32.2. The molecular weight excluding hydrogens is 320 g/mol. The maximum atomic E-state index is 13.1. The molecule has 132 valence electrons. The van der Waals surface area contributed by atoms with Gasteiger partial charge in [0, 0.05) is 20.6 Å². The highest BCUT2D eigenvalue weighted by Crippen LogP contribution is 2.52. The molecule has 4 atom stereocenters. The first-order chi connectivity index (χ1) is 11.9. The number of ether oxygens (including phenoxy) is 2. The van der Waals surface area contributed by atoms with E-state index in [-0.39, 0.29) is 17.9 Å². The zero-order valence-electron chi connectivity index (χ0n) is 14.6. The van der Waals surface area contributed by atoms with Gasteiger partial charge in [-0.1, -0.05) is 24.3 Å². The first-order valence-corrected chi connectivity index (χ1v) is 8.45. The highest BCUT2D eigenvalue weighted by Gasteiger charge is 2.66. The van der Waals surface area contributed by atoms with E-state index in [1.165, 1.54) is 0 Å². The van der Waals surface area contributed by atoms with Gasteiger partial charge in [0.2, 0.25) is 11.8 Å². The monoisotopic (exact) mass is 342 g/mol. The summed E-state index contributed by atoms with van der Waals surface area (Å²) in [6, 6.07) is 7.68. The molecular formula is C19H22N2O4. The van der Waals surface area contributed by atoms with Crippen LogP contribution < -0.4 is 4.74 Å². The lowest BCUT2D eigenvalue weighted by Gasteiger charge is -2.25. The molecule has 1 spiro atoms. The summed E-state index contributed by atoms with van der Waals surface area (Å²) in [6.07, 6.45) is 3.62. The van der Waals surface area contributed by atoms with E-state index in [2.05, 4.69) is 0 Å². The van der Waals surface area contributed by atoms with Gasteiger partial charge in [0.25, 0.3) is 0 Å². The Morgan fingerprint density at radius 1 is 1.44 bits per heavy atom. The second kappa shape index (κ2) is 5.59. The van der Waals surface area contributed by atoms with Crippen molar-refractivity contribution in [1.29, 1.82) is 0 Å². The van der Waals surface area contributed by atoms with E-state index in [0.29, 0.717) is 13.1 Å². The average molecular weight is 342 g/mol. The van der Waals surface area contributed by atoms with Crippen molar-refractivity contribution < 1.29 is 19.1 Å². The third-order valence-electron chi connectivity index (χ3n) is 5.41. The van der Waals surface area contributed by atoms with Crippen LogP contribution in [-0.2, 0) is 20.9 Å². The minimum Gasteiger partial charge on any atom is -0.497 e. The van der Waals surface area contributed by atoms with Crippen LogP contribution in [0.5, 0.6) is 5.75 Å². The number of carbonyl (C=O) groups excluding carboxylic acids is 2. The van der Waals surface area contributed by atoms with Crippen molar-refractivity contribution in [3.63, 3.8) is 0 Å². The molecule has 4 rings (SSSR count). The summed E-state index contributed by atoms with van der Waals surface area (Å²) in [7, 11) is 5.06. The van der Waals surface area contributed by atoms with Gasteiger partial charge >= 0.3 is 0 Å². The van der Waals surface area contributed by atoms with Crippen LogP contribution in [-0.4, -0.2) is 61.1 Å². The molecule has 3 aliphatic rings. The third-order valence-corrected chi connectivity index (χ3v) is 5.41. The van der Waals surface area contributed by atoms with Crippen molar-refractivity contribution in [1.82, 2.24) is 9.80 Å². The number of benzene rings is 1. The van der Waals surface area contributed by atoms with E-state index < -0.39 is 17.4 Å². The number of hydrogen-bond acceptors (Lipinski definition) is 4. The average Bonchev–Trinajstić information content (AvgIpc) is 3.23. The maximum absolute atomic E-state index is 13.1. The molecule has 0 aliphatic carbocycles.